The second kappa shape index (κ2) is 6.61. The summed E-state index contributed by atoms with van der Waals surface area (Å²) in [5.74, 6) is 1.36. The van der Waals surface area contributed by atoms with Crippen LogP contribution in [0.1, 0.15) is 25.7 Å². The predicted octanol–water partition coefficient (Wildman–Crippen LogP) is 4.98. The zero-order valence-corrected chi connectivity index (χ0v) is 14.1. The van der Waals surface area contributed by atoms with E-state index < -0.39 is 0 Å². The van der Waals surface area contributed by atoms with Crippen molar-refractivity contribution in [3.05, 3.63) is 47.9 Å². The molecule has 0 unspecified atom stereocenters. The van der Waals surface area contributed by atoms with Crippen LogP contribution >= 0.6 is 11.3 Å². The summed E-state index contributed by atoms with van der Waals surface area (Å²) in [5.41, 5.74) is 2.61. The first kappa shape index (κ1) is 15.1. The summed E-state index contributed by atoms with van der Waals surface area (Å²) < 4.78 is 0. The second-order valence-corrected chi connectivity index (χ2v) is 7.14. The summed E-state index contributed by atoms with van der Waals surface area (Å²) in [6, 6.07) is 9.80. The van der Waals surface area contributed by atoms with Crippen LogP contribution < -0.4 is 5.32 Å². The fraction of sp³-hybridized carbons (Fsp3) is 0.263. The van der Waals surface area contributed by atoms with E-state index in [1.54, 1.807) is 17.4 Å². The van der Waals surface area contributed by atoms with Crippen LogP contribution in [0.15, 0.2) is 47.9 Å². The molecule has 1 aliphatic carbocycles. The van der Waals surface area contributed by atoms with Gasteiger partial charge in [-0.05, 0) is 54.5 Å². The smallest absolute Gasteiger partial charge is 0.248 e. The lowest BCUT2D eigenvalue weighted by atomic mass is 10.1. The van der Waals surface area contributed by atoms with E-state index in [1.807, 2.05) is 41.8 Å². The molecule has 1 aromatic carbocycles. The van der Waals surface area contributed by atoms with Crippen LogP contribution in [-0.4, -0.2) is 15.9 Å². The van der Waals surface area contributed by atoms with Crippen molar-refractivity contribution in [3.8, 4) is 10.7 Å². The molecule has 1 fully saturated rings. The van der Waals surface area contributed by atoms with Crippen molar-refractivity contribution >= 4 is 34.0 Å². The Labute approximate surface area is 144 Å². The van der Waals surface area contributed by atoms with E-state index in [-0.39, 0.29) is 5.91 Å². The van der Waals surface area contributed by atoms with Crippen molar-refractivity contribution < 1.29 is 4.79 Å². The summed E-state index contributed by atoms with van der Waals surface area (Å²) in [5, 5.41) is 4.96. The summed E-state index contributed by atoms with van der Waals surface area (Å²) in [6.45, 7) is 0. The predicted molar refractivity (Wildman–Crippen MR) is 99.1 cm³/mol. The van der Waals surface area contributed by atoms with E-state index in [9.17, 15) is 4.79 Å². The molecule has 0 aliphatic heterocycles. The molecule has 4 nitrogen and oxygen atoms in total. The van der Waals surface area contributed by atoms with E-state index >= 15 is 0 Å². The molecular weight excluding hydrogens is 318 g/mol. The third-order valence-corrected chi connectivity index (χ3v) is 5.30. The van der Waals surface area contributed by atoms with Crippen molar-refractivity contribution in [3.63, 3.8) is 0 Å². The fourth-order valence-corrected chi connectivity index (χ4v) is 3.84. The Balaban J connectivity index is 1.49. The average Bonchev–Trinajstić information content (AvgIpc) is 3.32. The summed E-state index contributed by atoms with van der Waals surface area (Å²) in [6.07, 6.45) is 8.68. The zero-order valence-electron chi connectivity index (χ0n) is 13.3. The Morgan fingerprint density at radius 1 is 1.29 bits per heavy atom. The molecule has 5 heteroatoms. The van der Waals surface area contributed by atoms with Crippen LogP contribution in [0.3, 0.4) is 0 Å². The number of thiophene rings is 1. The Bertz CT molecular complexity index is 873. The first-order valence-electron chi connectivity index (χ1n) is 8.31. The highest BCUT2D eigenvalue weighted by atomic mass is 32.1. The summed E-state index contributed by atoms with van der Waals surface area (Å²) in [7, 11) is 0. The molecule has 0 radical (unpaired) electrons. The highest BCUT2D eigenvalue weighted by Crippen LogP contribution is 2.27. The van der Waals surface area contributed by atoms with Gasteiger partial charge in [-0.15, -0.1) is 11.3 Å². The molecule has 1 amide bonds. The van der Waals surface area contributed by atoms with Crippen molar-refractivity contribution in [1.82, 2.24) is 9.97 Å². The first-order chi connectivity index (χ1) is 11.8. The standard InChI is InChI=1S/C19H19N3OS/c23-18(10-7-13-4-1-2-5-13)20-14-8-9-15-16(12-14)22-19(21-15)17-6-3-11-24-17/h3,6-13H,1-2,4-5H2,(H,20,23)(H,21,22). The molecule has 0 saturated heterocycles. The number of fused-ring (bicyclic) bond motifs is 1. The highest BCUT2D eigenvalue weighted by molar-refractivity contribution is 7.13. The molecule has 2 heterocycles. The molecular formula is C19H19N3OS. The number of rotatable bonds is 4. The number of H-pyrrole nitrogens is 1. The average molecular weight is 337 g/mol. The maximum absolute atomic E-state index is 12.1. The minimum absolute atomic E-state index is 0.0701. The number of nitrogens with zero attached hydrogens (tertiary/aromatic N) is 1. The number of carbonyl (C=O) groups excluding carboxylic acids is 1. The van der Waals surface area contributed by atoms with Crippen LogP contribution in [-0.2, 0) is 4.79 Å². The third kappa shape index (κ3) is 3.26. The molecule has 0 bridgehead atoms. The molecule has 3 aromatic rings. The number of benzene rings is 1. The van der Waals surface area contributed by atoms with Gasteiger partial charge in [0.05, 0.1) is 15.9 Å². The van der Waals surface area contributed by atoms with Gasteiger partial charge in [0, 0.05) is 5.69 Å². The van der Waals surface area contributed by atoms with Gasteiger partial charge < -0.3 is 10.3 Å². The van der Waals surface area contributed by atoms with E-state index in [0.29, 0.717) is 5.92 Å². The van der Waals surface area contributed by atoms with Gasteiger partial charge >= 0.3 is 0 Å². The van der Waals surface area contributed by atoms with E-state index in [4.69, 9.17) is 0 Å². The number of allylic oxidation sites excluding steroid dienone is 1. The number of hydrogen-bond acceptors (Lipinski definition) is 3. The Hall–Kier alpha value is -2.40. The number of hydrogen-bond donors (Lipinski definition) is 2. The van der Waals surface area contributed by atoms with E-state index in [1.165, 1.54) is 25.7 Å². The molecule has 24 heavy (non-hydrogen) atoms. The van der Waals surface area contributed by atoms with E-state index in [0.717, 1.165) is 27.4 Å². The van der Waals surface area contributed by atoms with Crippen molar-refractivity contribution in [2.24, 2.45) is 5.92 Å². The first-order valence-corrected chi connectivity index (χ1v) is 9.19. The van der Waals surface area contributed by atoms with Crippen molar-refractivity contribution in [1.29, 1.82) is 0 Å². The second-order valence-electron chi connectivity index (χ2n) is 6.19. The van der Waals surface area contributed by atoms with Gasteiger partial charge in [-0.1, -0.05) is 25.0 Å². The molecule has 4 rings (SSSR count). The van der Waals surface area contributed by atoms with Crippen LogP contribution in [0.4, 0.5) is 5.69 Å². The van der Waals surface area contributed by atoms with Gasteiger partial charge in [-0.3, -0.25) is 4.79 Å². The summed E-state index contributed by atoms with van der Waals surface area (Å²) in [4.78, 5) is 21.1. The number of imidazole rings is 1. The lowest BCUT2D eigenvalue weighted by Gasteiger charge is -2.03. The van der Waals surface area contributed by atoms with Gasteiger partial charge in [-0.25, -0.2) is 4.98 Å². The van der Waals surface area contributed by atoms with Crippen LogP contribution in [0.5, 0.6) is 0 Å². The Morgan fingerprint density at radius 3 is 2.96 bits per heavy atom. The molecule has 2 N–H and O–H groups in total. The number of aromatic nitrogens is 2. The normalized spacial score (nSPS) is 15.5. The fourth-order valence-electron chi connectivity index (χ4n) is 3.17. The topological polar surface area (TPSA) is 57.8 Å². The number of carbonyl (C=O) groups is 1. The van der Waals surface area contributed by atoms with Crippen LogP contribution in [0.25, 0.3) is 21.7 Å². The number of amides is 1. The SMILES string of the molecule is O=C(C=CC1CCCC1)Nc1ccc2nc(-c3cccs3)[nH]c2c1. The van der Waals surface area contributed by atoms with Gasteiger partial charge in [0.25, 0.3) is 0 Å². The number of nitrogens with one attached hydrogen (secondary N) is 2. The highest BCUT2D eigenvalue weighted by Gasteiger charge is 2.12. The molecule has 1 saturated carbocycles. The van der Waals surface area contributed by atoms with E-state index in [2.05, 4.69) is 15.3 Å². The minimum atomic E-state index is -0.0701. The van der Waals surface area contributed by atoms with Gasteiger partial charge in [0.1, 0.15) is 5.82 Å². The Kier molecular flexibility index (Phi) is 4.17. The largest absolute Gasteiger partial charge is 0.337 e. The van der Waals surface area contributed by atoms with Gasteiger partial charge in [0.2, 0.25) is 5.91 Å². The summed E-state index contributed by atoms with van der Waals surface area (Å²) >= 11 is 1.65. The molecule has 1 aliphatic rings. The monoisotopic (exact) mass is 337 g/mol. The molecule has 0 atom stereocenters. The Morgan fingerprint density at radius 2 is 2.17 bits per heavy atom. The van der Waals surface area contributed by atoms with Crippen molar-refractivity contribution in [2.45, 2.75) is 25.7 Å². The zero-order chi connectivity index (χ0) is 16.4. The van der Waals surface area contributed by atoms with Crippen LogP contribution in [0, 0.1) is 5.92 Å². The minimum Gasteiger partial charge on any atom is -0.337 e. The lowest BCUT2D eigenvalue weighted by molar-refractivity contribution is -0.111. The van der Waals surface area contributed by atoms with Crippen molar-refractivity contribution in [2.75, 3.05) is 5.32 Å². The number of anilines is 1. The maximum atomic E-state index is 12.1. The molecule has 2 aromatic heterocycles. The third-order valence-electron chi connectivity index (χ3n) is 4.42. The lowest BCUT2D eigenvalue weighted by Crippen LogP contribution is -2.08. The maximum Gasteiger partial charge on any atom is 0.248 e. The van der Waals surface area contributed by atoms with Gasteiger partial charge in [0.15, 0.2) is 0 Å². The number of aromatic amines is 1. The molecule has 122 valence electrons. The molecule has 0 spiro atoms. The quantitative estimate of drug-likeness (QED) is 0.660. The van der Waals surface area contributed by atoms with Gasteiger partial charge in [-0.2, -0.15) is 0 Å². The van der Waals surface area contributed by atoms with Crippen LogP contribution in [0.2, 0.25) is 0 Å².